The van der Waals surface area contributed by atoms with Crippen LogP contribution in [-0.2, 0) is 0 Å². The van der Waals surface area contributed by atoms with E-state index in [2.05, 4.69) is 25.9 Å². The number of hydrogen-bond acceptors (Lipinski definition) is 2. The Hall–Kier alpha value is -1.51. The molecule has 1 heterocycles. The lowest BCUT2D eigenvalue weighted by Crippen LogP contribution is -2.04. The van der Waals surface area contributed by atoms with Crippen LogP contribution in [0.4, 0.5) is 5.69 Å². The molecule has 0 atom stereocenters. The van der Waals surface area contributed by atoms with Gasteiger partial charge in [0.1, 0.15) is 0 Å². The van der Waals surface area contributed by atoms with Crippen LogP contribution in [0.25, 0.3) is 10.9 Å². The van der Waals surface area contributed by atoms with Gasteiger partial charge in [-0.05, 0) is 39.0 Å². The molecule has 1 aromatic carbocycles. The Balaban J connectivity index is 2.73. The highest BCUT2D eigenvalue weighted by molar-refractivity contribution is 5.84. The summed E-state index contributed by atoms with van der Waals surface area (Å²) >= 11 is 0. The maximum Gasteiger partial charge on any atom is 0.0946 e. The van der Waals surface area contributed by atoms with Crippen LogP contribution in [0.5, 0.6) is 0 Å². The van der Waals surface area contributed by atoms with Gasteiger partial charge in [0.15, 0.2) is 0 Å². The zero-order valence-electron chi connectivity index (χ0n) is 8.78. The van der Waals surface area contributed by atoms with Gasteiger partial charge in [-0.2, -0.15) is 5.10 Å². The molecule has 0 amide bonds. The Morgan fingerprint density at radius 3 is 2.71 bits per heavy atom. The van der Waals surface area contributed by atoms with Crippen LogP contribution >= 0.6 is 0 Å². The summed E-state index contributed by atoms with van der Waals surface area (Å²) in [5, 5.41) is 5.70. The third-order valence-electron chi connectivity index (χ3n) is 2.46. The van der Waals surface area contributed by atoms with Crippen LogP contribution in [-0.4, -0.2) is 9.78 Å². The second kappa shape index (κ2) is 3.01. The average molecular weight is 189 g/mol. The first kappa shape index (κ1) is 9.06. The van der Waals surface area contributed by atoms with Crippen LogP contribution in [0.3, 0.4) is 0 Å². The highest BCUT2D eigenvalue weighted by Crippen LogP contribution is 2.22. The van der Waals surface area contributed by atoms with Crippen LogP contribution in [0, 0.1) is 6.92 Å². The molecule has 14 heavy (non-hydrogen) atoms. The molecule has 2 rings (SSSR count). The van der Waals surface area contributed by atoms with Crippen LogP contribution in [0.1, 0.15) is 25.6 Å². The molecule has 0 radical (unpaired) electrons. The summed E-state index contributed by atoms with van der Waals surface area (Å²) in [6.45, 7) is 6.34. The quantitative estimate of drug-likeness (QED) is 0.700. The van der Waals surface area contributed by atoms with Crippen LogP contribution < -0.4 is 5.73 Å². The SMILES string of the molecule is Cc1c2ccc(N)cc2nn1C(C)C. The van der Waals surface area contributed by atoms with Crippen molar-refractivity contribution in [2.24, 2.45) is 0 Å². The number of anilines is 1. The lowest BCUT2D eigenvalue weighted by molar-refractivity contribution is 0.524. The van der Waals surface area contributed by atoms with Crippen LogP contribution in [0.2, 0.25) is 0 Å². The first-order chi connectivity index (χ1) is 6.59. The molecule has 0 aliphatic rings. The summed E-state index contributed by atoms with van der Waals surface area (Å²) in [5.41, 5.74) is 8.67. The van der Waals surface area contributed by atoms with Crippen molar-refractivity contribution >= 4 is 16.6 Å². The number of nitrogens with two attached hydrogens (primary N) is 1. The molecule has 2 N–H and O–H groups in total. The summed E-state index contributed by atoms with van der Waals surface area (Å²) in [7, 11) is 0. The molecule has 1 aromatic heterocycles. The summed E-state index contributed by atoms with van der Waals surface area (Å²) in [5.74, 6) is 0. The molecule has 0 bridgehead atoms. The average Bonchev–Trinajstić information content (AvgIpc) is 2.43. The van der Waals surface area contributed by atoms with Gasteiger partial charge >= 0.3 is 0 Å². The van der Waals surface area contributed by atoms with E-state index in [1.54, 1.807) is 0 Å². The van der Waals surface area contributed by atoms with Gasteiger partial charge in [-0.25, -0.2) is 0 Å². The molecule has 0 aliphatic carbocycles. The van der Waals surface area contributed by atoms with E-state index < -0.39 is 0 Å². The minimum atomic E-state index is 0.392. The van der Waals surface area contributed by atoms with Crippen molar-refractivity contribution in [2.75, 3.05) is 5.73 Å². The van der Waals surface area contributed by atoms with Crippen molar-refractivity contribution in [3.63, 3.8) is 0 Å². The van der Waals surface area contributed by atoms with Gasteiger partial charge in [0.25, 0.3) is 0 Å². The van der Waals surface area contributed by atoms with Gasteiger partial charge in [0.05, 0.1) is 5.52 Å². The first-order valence-electron chi connectivity index (χ1n) is 4.84. The molecule has 0 fully saturated rings. The molecule has 0 unspecified atom stereocenters. The smallest absolute Gasteiger partial charge is 0.0946 e. The number of benzene rings is 1. The Bertz CT molecular complexity index is 469. The number of aromatic nitrogens is 2. The highest BCUT2D eigenvalue weighted by Gasteiger charge is 2.08. The molecule has 0 spiro atoms. The fraction of sp³-hybridized carbons (Fsp3) is 0.364. The van der Waals surface area contributed by atoms with Gasteiger partial charge in [0.2, 0.25) is 0 Å². The molecule has 74 valence electrons. The largest absolute Gasteiger partial charge is 0.399 e. The summed E-state index contributed by atoms with van der Waals surface area (Å²) in [4.78, 5) is 0. The zero-order valence-corrected chi connectivity index (χ0v) is 8.78. The predicted octanol–water partition coefficient (Wildman–Crippen LogP) is 2.51. The number of aryl methyl sites for hydroxylation is 1. The molecular weight excluding hydrogens is 174 g/mol. The van der Waals surface area contributed by atoms with Gasteiger partial charge < -0.3 is 5.73 Å². The summed E-state index contributed by atoms with van der Waals surface area (Å²) in [6, 6.07) is 6.26. The number of fused-ring (bicyclic) bond motifs is 1. The molecular formula is C11H15N3. The van der Waals surface area contributed by atoms with E-state index in [9.17, 15) is 0 Å². The van der Waals surface area contributed by atoms with Gasteiger partial charge in [-0.3, -0.25) is 4.68 Å². The van der Waals surface area contributed by atoms with Gasteiger partial charge in [-0.1, -0.05) is 0 Å². The van der Waals surface area contributed by atoms with Gasteiger partial charge in [-0.15, -0.1) is 0 Å². The molecule has 3 heteroatoms. The Morgan fingerprint density at radius 1 is 1.36 bits per heavy atom. The van der Waals surface area contributed by atoms with Crippen molar-refractivity contribution < 1.29 is 0 Å². The number of nitrogen functional groups attached to an aromatic ring is 1. The van der Waals surface area contributed by atoms with E-state index in [0.29, 0.717) is 6.04 Å². The fourth-order valence-corrected chi connectivity index (χ4v) is 1.75. The normalized spacial score (nSPS) is 11.4. The first-order valence-corrected chi connectivity index (χ1v) is 4.84. The molecule has 0 aliphatic heterocycles. The molecule has 0 saturated carbocycles. The third kappa shape index (κ3) is 1.25. The fourth-order valence-electron chi connectivity index (χ4n) is 1.75. The van der Waals surface area contributed by atoms with Crippen molar-refractivity contribution in [1.82, 2.24) is 9.78 Å². The monoisotopic (exact) mass is 189 g/mol. The summed E-state index contributed by atoms with van der Waals surface area (Å²) in [6.07, 6.45) is 0. The Labute approximate surface area is 83.5 Å². The standard InChI is InChI=1S/C11H15N3/c1-7(2)14-8(3)10-5-4-9(12)6-11(10)13-14/h4-7H,12H2,1-3H3. The molecule has 2 aromatic rings. The van der Waals surface area contributed by atoms with E-state index in [-0.39, 0.29) is 0 Å². The van der Waals surface area contributed by atoms with Crippen molar-refractivity contribution in [1.29, 1.82) is 0 Å². The van der Waals surface area contributed by atoms with E-state index in [1.165, 1.54) is 11.1 Å². The highest BCUT2D eigenvalue weighted by atomic mass is 15.3. The van der Waals surface area contributed by atoms with Crippen molar-refractivity contribution in [2.45, 2.75) is 26.8 Å². The van der Waals surface area contributed by atoms with Crippen molar-refractivity contribution in [3.8, 4) is 0 Å². The lowest BCUT2D eigenvalue weighted by atomic mass is 10.2. The van der Waals surface area contributed by atoms with Crippen LogP contribution in [0.15, 0.2) is 18.2 Å². The molecule has 3 nitrogen and oxygen atoms in total. The van der Waals surface area contributed by atoms with Crippen molar-refractivity contribution in [3.05, 3.63) is 23.9 Å². The topological polar surface area (TPSA) is 43.8 Å². The minimum Gasteiger partial charge on any atom is -0.399 e. The number of rotatable bonds is 1. The summed E-state index contributed by atoms with van der Waals surface area (Å²) < 4.78 is 2.03. The second-order valence-corrected chi connectivity index (χ2v) is 3.90. The minimum absolute atomic E-state index is 0.392. The third-order valence-corrected chi connectivity index (χ3v) is 2.46. The lowest BCUT2D eigenvalue weighted by Gasteiger charge is -2.06. The van der Waals surface area contributed by atoms with E-state index in [4.69, 9.17) is 5.73 Å². The van der Waals surface area contributed by atoms with Gasteiger partial charge in [0, 0.05) is 22.8 Å². The number of nitrogens with zero attached hydrogens (tertiary/aromatic N) is 2. The maximum absolute atomic E-state index is 5.71. The maximum atomic E-state index is 5.71. The Morgan fingerprint density at radius 2 is 2.07 bits per heavy atom. The zero-order chi connectivity index (χ0) is 10.3. The predicted molar refractivity (Wildman–Crippen MR) is 59.3 cm³/mol. The second-order valence-electron chi connectivity index (χ2n) is 3.90. The Kier molecular flexibility index (Phi) is 1.95. The van der Waals surface area contributed by atoms with E-state index in [1.807, 2.05) is 22.9 Å². The van der Waals surface area contributed by atoms with E-state index >= 15 is 0 Å². The van der Waals surface area contributed by atoms with E-state index in [0.717, 1.165) is 11.2 Å². The molecule has 0 saturated heterocycles. The number of hydrogen-bond donors (Lipinski definition) is 1.